The fraction of sp³-hybridized carbons (Fsp3) is 0.375. The Hall–Kier alpha value is -1.81. The van der Waals surface area contributed by atoms with Crippen molar-refractivity contribution in [3.63, 3.8) is 0 Å². The van der Waals surface area contributed by atoms with Gasteiger partial charge in [-0.05, 0) is 37.8 Å². The van der Waals surface area contributed by atoms with E-state index in [2.05, 4.69) is 21.0 Å². The number of aromatic nitrogens is 3. The zero-order valence-corrected chi connectivity index (χ0v) is 12.7. The Balaban J connectivity index is 2.01. The number of nitrogens with zero attached hydrogens (tertiary/aromatic N) is 3. The molecular formula is C16H17ClN4. The van der Waals surface area contributed by atoms with Gasteiger partial charge >= 0.3 is 0 Å². The third-order valence-corrected chi connectivity index (χ3v) is 4.16. The summed E-state index contributed by atoms with van der Waals surface area (Å²) >= 11 is 5.86. The second-order valence-electron chi connectivity index (χ2n) is 5.38. The fourth-order valence-corrected chi connectivity index (χ4v) is 3.13. The van der Waals surface area contributed by atoms with E-state index in [4.69, 9.17) is 17.0 Å². The minimum Gasteiger partial charge on any atom is -0.302 e. The molecule has 0 fully saturated rings. The van der Waals surface area contributed by atoms with Crippen LogP contribution in [-0.2, 0) is 6.42 Å². The molecule has 108 valence electrons. The van der Waals surface area contributed by atoms with Crippen molar-refractivity contribution in [3.05, 3.63) is 52.3 Å². The van der Waals surface area contributed by atoms with Crippen molar-refractivity contribution in [1.82, 2.24) is 15.0 Å². The average Bonchev–Trinajstić information content (AvgIpc) is 2.69. The first kappa shape index (κ1) is 14.1. The largest absolute Gasteiger partial charge is 0.302 e. The quantitative estimate of drug-likeness (QED) is 0.679. The summed E-state index contributed by atoms with van der Waals surface area (Å²) in [6.45, 7) is 1.85. The molecule has 0 radical (unpaired) electrons. The molecule has 1 aliphatic carbocycles. The van der Waals surface area contributed by atoms with E-state index in [-0.39, 0.29) is 5.92 Å². The fourth-order valence-electron chi connectivity index (χ4n) is 2.96. The molecule has 1 atom stereocenters. The molecule has 2 heterocycles. The van der Waals surface area contributed by atoms with Gasteiger partial charge in [0.15, 0.2) is 0 Å². The minimum absolute atomic E-state index is 0.0466. The molecular weight excluding hydrogens is 284 g/mol. The summed E-state index contributed by atoms with van der Waals surface area (Å²) in [6, 6.07) is 4.04. The van der Waals surface area contributed by atoms with Gasteiger partial charge in [-0.25, -0.2) is 9.97 Å². The van der Waals surface area contributed by atoms with Gasteiger partial charge in [-0.1, -0.05) is 24.1 Å². The highest BCUT2D eigenvalue weighted by Gasteiger charge is 2.25. The van der Waals surface area contributed by atoms with Gasteiger partial charge in [-0.15, -0.1) is 0 Å². The van der Waals surface area contributed by atoms with Crippen molar-refractivity contribution in [1.29, 1.82) is 5.41 Å². The maximum atomic E-state index is 8.59. The molecule has 0 bridgehead atoms. The highest BCUT2D eigenvalue weighted by atomic mass is 35.5. The molecule has 2 aromatic heterocycles. The summed E-state index contributed by atoms with van der Waals surface area (Å²) in [5.74, 6) is 0.0466. The maximum Gasteiger partial charge on any atom is 0.147 e. The number of halogens is 1. The molecule has 4 nitrogen and oxygen atoms in total. The Bertz CT molecular complexity index is 684. The number of hydrogen-bond donors (Lipinski definition) is 1. The second kappa shape index (κ2) is 5.90. The number of aryl methyl sites for hydroxylation is 2. The lowest BCUT2D eigenvalue weighted by Crippen LogP contribution is -2.17. The monoisotopic (exact) mass is 300 g/mol. The van der Waals surface area contributed by atoms with Crippen molar-refractivity contribution >= 4 is 17.3 Å². The molecule has 0 saturated heterocycles. The first-order valence-corrected chi connectivity index (χ1v) is 7.56. The van der Waals surface area contributed by atoms with Crippen LogP contribution in [0.15, 0.2) is 24.5 Å². The van der Waals surface area contributed by atoms with Crippen LogP contribution in [0.5, 0.6) is 0 Å². The molecule has 1 N–H and O–H groups in total. The predicted octanol–water partition coefficient (Wildman–Crippen LogP) is 3.71. The summed E-state index contributed by atoms with van der Waals surface area (Å²) < 4.78 is 0. The van der Waals surface area contributed by atoms with E-state index in [1.807, 2.05) is 19.2 Å². The first-order chi connectivity index (χ1) is 10.2. The normalized spacial score (nSPS) is 17.9. The molecule has 2 aromatic rings. The van der Waals surface area contributed by atoms with E-state index < -0.39 is 0 Å². The number of nitrogens with one attached hydrogen (secondary N) is 1. The summed E-state index contributed by atoms with van der Waals surface area (Å²) in [5.41, 5.74) is 4.15. The first-order valence-electron chi connectivity index (χ1n) is 7.18. The molecule has 0 spiro atoms. The van der Waals surface area contributed by atoms with E-state index in [0.29, 0.717) is 22.3 Å². The van der Waals surface area contributed by atoms with Crippen LogP contribution < -0.4 is 0 Å². The Morgan fingerprint density at radius 3 is 3.00 bits per heavy atom. The molecule has 1 unspecified atom stereocenters. The van der Waals surface area contributed by atoms with Gasteiger partial charge in [0, 0.05) is 17.8 Å². The summed E-state index contributed by atoms with van der Waals surface area (Å²) in [4.78, 5) is 13.0. The van der Waals surface area contributed by atoms with Crippen LogP contribution in [0.3, 0.4) is 0 Å². The number of pyridine rings is 1. The van der Waals surface area contributed by atoms with Crippen LogP contribution in [0, 0.1) is 12.3 Å². The zero-order chi connectivity index (χ0) is 14.8. The van der Waals surface area contributed by atoms with E-state index >= 15 is 0 Å². The Labute approximate surface area is 129 Å². The molecule has 0 aliphatic heterocycles. The summed E-state index contributed by atoms with van der Waals surface area (Å²) in [6.07, 6.45) is 7.52. The van der Waals surface area contributed by atoms with Gasteiger partial charge < -0.3 is 5.41 Å². The van der Waals surface area contributed by atoms with E-state index in [0.717, 1.165) is 36.9 Å². The summed E-state index contributed by atoms with van der Waals surface area (Å²) in [7, 11) is 0. The van der Waals surface area contributed by atoms with Gasteiger partial charge in [0.05, 0.1) is 17.6 Å². The van der Waals surface area contributed by atoms with Gasteiger partial charge in [0.2, 0.25) is 0 Å². The Morgan fingerprint density at radius 2 is 2.19 bits per heavy atom. The number of fused-ring (bicyclic) bond motifs is 1. The highest BCUT2D eigenvalue weighted by molar-refractivity contribution is 6.29. The predicted molar refractivity (Wildman–Crippen MR) is 83.1 cm³/mol. The van der Waals surface area contributed by atoms with Crippen molar-refractivity contribution in [2.24, 2.45) is 0 Å². The van der Waals surface area contributed by atoms with Crippen LogP contribution in [-0.4, -0.2) is 20.7 Å². The second-order valence-corrected chi connectivity index (χ2v) is 5.77. The summed E-state index contributed by atoms with van der Waals surface area (Å²) in [5, 5.41) is 8.96. The molecule has 0 amide bonds. The van der Waals surface area contributed by atoms with Crippen LogP contribution in [0.25, 0.3) is 0 Å². The van der Waals surface area contributed by atoms with Crippen LogP contribution >= 0.6 is 11.6 Å². The van der Waals surface area contributed by atoms with Gasteiger partial charge in [0.1, 0.15) is 10.8 Å². The Kier molecular flexibility index (Phi) is 3.97. The van der Waals surface area contributed by atoms with Crippen LogP contribution in [0.4, 0.5) is 0 Å². The topological polar surface area (TPSA) is 62.5 Å². The molecule has 0 aromatic carbocycles. The van der Waals surface area contributed by atoms with Crippen molar-refractivity contribution in [2.75, 3.05) is 0 Å². The number of rotatable bonds is 2. The van der Waals surface area contributed by atoms with Crippen molar-refractivity contribution in [2.45, 2.75) is 38.5 Å². The van der Waals surface area contributed by atoms with Gasteiger partial charge in [-0.2, -0.15) is 0 Å². The smallest absolute Gasteiger partial charge is 0.147 e. The highest BCUT2D eigenvalue weighted by Crippen LogP contribution is 2.32. The maximum absolute atomic E-state index is 8.59. The lowest BCUT2D eigenvalue weighted by atomic mass is 9.88. The standard InChI is InChI=1S/C16H17ClN4/c1-10-16(20-9-14(17)21-10)15(18)12-5-2-3-7-13-11(12)6-4-8-19-13/h4,6,8-9,12,18H,2-3,5,7H2,1H3. The third-order valence-electron chi connectivity index (χ3n) is 3.98. The third kappa shape index (κ3) is 2.81. The molecule has 0 saturated carbocycles. The molecule has 21 heavy (non-hydrogen) atoms. The van der Waals surface area contributed by atoms with E-state index in [9.17, 15) is 0 Å². The average molecular weight is 301 g/mol. The molecule has 1 aliphatic rings. The van der Waals surface area contributed by atoms with Gasteiger partial charge in [-0.3, -0.25) is 4.98 Å². The number of hydrogen-bond acceptors (Lipinski definition) is 4. The zero-order valence-electron chi connectivity index (χ0n) is 11.9. The van der Waals surface area contributed by atoms with Gasteiger partial charge in [0.25, 0.3) is 0 Å². The minimum atomic E-state index is 0.0466. The lowest BCUT2D eigenvalue weighted by Gasteiger charge is -2.18. The molecule has 3 rings (SSSR count). The van der Waals surface area contributed by atoms with Crippen molar-refractivity contribution in [3.8, 4) is 0 Å². The van der Waals surface area contributed by atoms with E-state index in [1.165, 1.54) is 6.20 Å². The van der Waals surface area contributed by atoms with Crippen molar-refractivity contribution < 1.29 is 0 Å². The SMILES string of the molecule is Cc1nc(Cl)cnc1C(=N)C1CCCCc2ncccc21. The van der Waals surface area contributed by atoms with E-state index in [1.54, 1.807) is 0 Å². The van der Waals surface area contributed by atoms with Crippen LogP contribution in [0.2, 0.25) is 5.15 Å². The Morgan fingerprint density at radius 1 is 1.33 bits per heavy atom. The van der Waals surface area contributed by atoms with Crippen LogP contribution in [0.1, 0.15) is 47.8 Å². The molecule has 5 heteroatoms. The lowest BCUT2D eigenvalue weighted by molar-refractivity contribution is 0.683.